The molecular formula is C15H24N4. The van der Waals surface area contributed by atoms with Crippen LogP contribution in [-0.4, -0.2) is 23.9 Å². The van der Waals surface area contributed by atoms with Crippen molar-refractivity contribution in [3.8, 4) is 0 Å². The zero-order valence-corrected chi connectivity index (χ0v) is 12.1. The van der Waals surface area contributed by atoms with E-state index in [9.17, 15) is 0 Å². The average Bonchev–Trinajstić information content (AvgIpc) is 2.38. The summed E-state index contributed by atoms with van der Waals surface area (Å²) in [7, 11) is 0. The third-order valence-electron chi connectivity index (χ3n) is 4.11. The van der Waals surface area contributed by atoms with Crippen LogP contribution in [0.3, 0.4) is 0 Å². The number of nitrogens with two attached hydrogens (primary N) is 1. The molecule has 0 aromatic carbocycles. The zero-order valence-electron chi connectivity index (χ0n) is 12.1. The van der Waals surface area contributed by atoms with Gasteiger partial charge in [0.05, 0.1) is 11.9 Å². The van der Waals surface area contributed by atoms with Gasteiger partial charge in [-0.05, 0) is 36.3 Å². The van der Waals surface area contributed by atoms with Crippen molar-refractivity contribution in [1.82, 2.24) is 4.98 Å². The molecule has 0 radical (unpaired) electrons. The summed E-state index contributed by atoms with van der Waals surface area (Å²) in [6.45, 7) is 9.16. The highest BCUT2D eigenvalue weighted by atomic mass is 15.1. The van der Waals surface area contributed by atoms with Crippen LogP contribution in [0.5, 0.6) is 0 Å². The normalized spacial score (nSPS) is 17.5. The molecule has 1 aromatic heterocycles. The predicted octanol–water partition coefficient (Wildman–Crippen LogP) is 2.63. The summed E-state index contributed by atoms with van der Waals surface area (Å²) in [6.07, 6.45) is 4.30. The summed E-state index contributed by atoms with van der Waals surface area (Å²) < 4.78 is 0. The molecule has 0 unspecified atom stereocenters. The highest BCUT2D eigenvalue weighted by Gasteiger charge is 2.28. The predicted molar refractivity (Wildman–Crippen MR) is 79.6 cm³/mol. The molecule has 0 aliphatic carbocycles. The highest BCUT2D eigenvalue weighted by molar-refractivity contribution is 5.93. The Hall–Kier alpha value is -1.58. The summed E-state index contributed by atoms with van der Waals surface area (Å²) >= 11 is 0. The maximum Gasteiger partial charge on any atom is 0.141 e. The number of amidine groups is 1. The smallest absolute Gasteiger partial charge is 0.141 e. The van der Waals surface area contributed by atoms with Crippen molar-refractivity contribution in [2.45, 2.75) is 33.6 Å². The van der Waals surface area contributed by atoms with E-state index in [0.29, 0.717) is 11.1 Å². The van der Waals surface area contributed by atoms with E-state index in [1.165, 1.54) is 12.8 Å². The minimum Gasteiger partial charge on any atom is -0.382 e. The van der Waals surface area contributed by atoms with E-state index in [1.54, 1.807) is 0 Å². The van der Waals surface area contributed by atoms with Crippen LogP contribution in [0.15, 0.2) is 18.3 Å². The molecule has 0 spiro atoms. The van der Waals surface area contributed by atoms with Crippen molar-refractivity contribution < 1.29 is 0 Å². The molecule has 0 atom stereocenters. The van der Waals surface area contributed by atoms with Crippen molar-refractivity contribution in [3.05, 3.63) is 24.0 Å². The van der Waals surface area contributed by atoms with Gasteiger partial charge in [-0.3, -0.25) is 10.4 Å². The van der Waals surface area contributed by atoms with Crippen LogP contribution in [0.4, 0.5) is 5.69 Å². The second kappa shape index (κ2) is 5.19. The Bertz CT molecular complexity index is 436. The van der Waals surface area contributed by atoms with Gasteiger partial charge in [0.15, 0.2) is 0 Å². The summed E-state index contributed by atoms with van der Waals surface area (Å²) in [5, 5.41) is 7.35. The third-order valence-corrected chi connectivity index (χ3v) is 4.11. The molecule has 1 fully saturated rings. The molecule has 19 heavy (non-hydrogen) atoms. The molecule has 2 rings (SSSR count). The van der Waals surface area contributed by atoms with Gasteiger partial charge in [-0.15, -0.1) is 0 Å². The van der Waals surface area contributed by atoms with Crippen LogP contribution in [0.2, 0.25) is 0 Å². The van der Waals surface area contributed by atoms with E-state index >= 15 is 0 Å². The van der Waals surface area contributed by atoms with Gasteiger partial charge in [0.2, 0.25) is 0 Å². The molecule has 3 N–H and O–H groups in total. The monoisotopic (exact) mass is 260 g/mol. The van der Waals surface area contributed by atoms with Crippen molar-refractivity contribution in [2.75, 3.05) is 18.0 Å². The lowest BCUT2D eigenvalue weighted by molar-refractivity contribution is 0.199. The van der Waals surface area contributed by atoms with Crippen LogP contribution in [0, 0.1) is 16.7 Å². The second-order valence-corrected chi connectivity index (χ2v) is 6.44. The van der Waals surface area contributed by atoms with E-state index in [1.807, 2.05) is 18.3 Å². The summed E-state index contributed by atoms with van der Waals surface area (Å²) in [6, 6.07) is 3.84. The fraction of sp³-hybridized carbons (Fsp3) is 0.600. The van der Waals surface area contributed by atoms with E-state index in [2.05, 4.69) is 30.7 Å². The standard InChI is InChI=1S/C15H24N4/c1-15(2,3)11-6-8-19(9-7-11)12-4-5-13(14(16)17)18-10-12/h4-5,10-11H,6-9H2,1-3H3,(H3,16,17). The fourth-order valence-electron chi connectivity index (χ4n) is 2.74. The minimum atomic E-state index is 0.0259. The van der Waals surface area contributed by atoms with Crippen LogP contribution < -0.4 is 10.6 Å². The lowest BCUT2D eigenvalue weighted by atomic mass is 9.75. The molecule has 4 nitrogen and oxygen atoms in total. The van der Waals surface area contributed by atoms with Crippen LogP contribution >= 0.6 is 0 Å². The number of nitrogens with one attached hydrogen (secondary N) is 1. The van der Waals surface area contributed by atoms with Crippen LogP contribution in [0.1, 0.15) is 39.3 Å². The number of nitrogen functional groups attached to an aromatic ring is 1. The second-order valence-electron chi connectivity index (χ2n) is 6.44. The van der Waals surface area contributed by atoms with Crippen LogP contribution in [-0.2, 0) is 0 Å². The molecule has 0 saturated carbocycles. The van der Waals surface area contributed by atoms with Gasteiger partial charge in [-0.2, -0.15) is 0 Å². The molecule has 104 valence electrons. The molecule has 1 aromatic rings. The first-order chi connectivity index (χ1) is 8.88. The summed E-state index contributed by atoms with van der Waals surface area (Å²) in [5.41, 5.74) is 7.51. The van der Waals surface area contributed by atoms with Crippen molar-refractivity contribution in [3.63, 3.8) is 0 Å². The van der Waals surface area contributed by atoms with E-state index in [0.717, 1.165) is 24.7 Å². The number of hydrogen-bond donors (Lipinski definition) is 2. The minimum absolute atomic E-state index is 0.0259. The van der Waals surface area contributed by atoms with Gasteiger partial charge in [-0.25, -0.2) is 0 Å². The molecule has 2 heterocycles. The van der Waals surface area contributed by atoms with Gasteiger partial charge >= 0.3 is 0 Å². The number of piperidine rings is 1. The topological polar surface area (TPSA) is 66.0 Å². The zero-order chi connectivity index (χ0) is 14.0. The number of aromatic nitrogens is 1. The Morgan fingerprint density at radius 1 is 1.32 bits per heavy atom. The number of rotatable bonds is 2. The molecular weight excluding hydrogens is 236 g/mol. The summed E-state index contributed by atoms with van der Waals surface area (Å²) in [5.74, 6) is 0.825. The Kier molecular flexibility index (Phi) is 3.78. The van der Waals surface area contributed by atoms with E-state index < -0.39 is 0 Å². The number of anilines is 1. The largest absolute Gasteiger partial charge is 0.382 e. The first-order valence-corrected chi connectivity index (χ1v) is 6.93. The van der Waals surface area contributed by atoms with Gasteiger partial charge < -0.3 is 10.6 Å². The Labute approximate surface area is 115 Å². The van der Waals surface area contributed by atoms with Crippen molar-refractivity contribution in [2.24, 2.45) is 17.1 Å². The van der Waals surface area contributed by atoms with Crippen molar-refractivity contribution >= 4 is 11.5 Å². The lowest BCUT2D eigenvalue weighted by Crippen LogP contribution is -2.38. The Morgan fingerprint density at radius 3 is 2.37 bits per heavy atom. The quantitative estimate of drug-likeness (QED) is 0.634. The van der Waals surface area contributed by atoms with E-state index in [-0.39, 0.29) is 5.84 Å². The molecule has 1 aliphatic rings. The summed E-state index contributed by atoms with van der Waals surface area (Å²) in [4.78, 5) is 6.60. The Morgan fingerprint density at radius 2 is 1.95 bits per heavy atom. The maximum atomic E-state index is 7.35. The fourth-order valence-corrected chi connectivity index (χ4v) is 2.74. The molecule has 1 saturated heterocycles. The lowest BCUT2D eigenvalue weighted by Gasteiger charge is -2.39. The van der Waals surface area contributed by atoms with Crippen LogP contribution in [0.25, 0.3) is 0 Å². The number of nitrogens with zero attached hydrogens (tertiary/aromatic N) is 2. The molecule has 1 aliphatic heterocycles. The third kappa shape index (κ3) is 3.25. The maximum absolute atomic E-state index is 7.35. The first kappa shape index (κ1) is 13.8. The van der Waals surface area contributed by atoms with Crippen molar-refractivity contribution in [1.29, 1.82) is 5.41 Å². The average molecular weight is 260 g/mol. The number of pyridine rings is 1. The number of hydrogen-bond acceptors (Lipinski definition) is 3. The first-order valence-electron chi connectivity index (χ1n) is 6.93. The molecule has 0 amide bonds. The molecule has 0 bridgehead atoms. The molecule has 4 heteroatoms. The van der Waals surface area contributed by atoms with Gasteiger partial charge in [0.1, 0.15) is 11.5 Å². The SMILES string of the molecule is CC(C)(C)C1CCN(c2ccc(C(=N)N)nc2)CC1. The van der Waals surface area contributed by atoms with Gasteiger partial charge in [0, 0.05) is 13.1 Å². The Balaban J connectivity index is 2.00. The highest BCUT2D eigenvalue weighted by Crippen LogP contribution is 2.35. The van der Waals surface area contributed by atoms with E-state index in [4.69, 9.17) is 11.1 Å². The van der Waals surface area contributed by atoms with Gasteiger partial charge in [-0.1, -0.05) is 20.8 Å². The van der Waals surface area contributed by atoms with Gasteiger partial charge in [0.25, 0.3) is 0 Å².